The van der Waals surface area contributed by atoms with Gasteiger partial charge in [-0.3, -0.25) is 14.5 Å². The summed E-state index contributed by atoms with van der Waals surface area (Å²) in [6.45, 7) is 5.59. The number of nitrogens with zero attached hydrogens (tertiary/aromatic N) is 1. The Morgan fingerprint density at radius 1 is 0.923 bits per heavy atom. The molecule has 0 unspecified atom stereocenters. The summed E-state index contributed by atoms with van der Waals surface area (Å²) in [5.41, 5.74) is 2.88. The molecule has 0 aliphatic carbocycles. The summed E-state index contributed by atoms with van der Waals surface area (Å²) >= 11 is 0. The second kappa shape index (κ2) is 10.4. The van der Waals surface area contributed by atoms with Crippen LogP contribution < -0.4 is 10.6 Å². The summed E-state index contributed by atoms with van der Waals surface area (Å²) in [5, 5.41) is 5.83. The molecule has 0 spiro atoms. The van der Waals surface area contributed by atoms with Crippen molar-refractivity contribution in [2.24, 2.45) is 0 Å². The lowest BCUT2D eigenvalue weighted by Crippen LogP contribution is -2.41. The minimum Gasteiger partial charge on any atom is -0.351 e. The molecule has 0 heterocycles. The maximum atomic E-state index is 12.3. The summed E-state index contributed by atoms with van der Waals surface area (Å²) in [4.78, 5) is 26.4. The average molecular weight is 353 g/mol. The van der Waals surface area contributed by atoms with Gasteiger partial charge >= 0.3 is 0 Å². The number of rotatable bonds is 9. The van der Waals surface area contributed by atoms with E-state index >= 15 is 0 Å². The van der Waals surface area contributed by atoms with Crippen molar-refractivity contribution in [2.75, 3.05) is 25.0 Å². The third-order valence-electron chi connectivity index (χ3n) is 4.03. The Morgan fingerprint density at radius 2 is 1.58 bits per heavy atom. The number of nitrogens with one attached hydrogen (secondary N) is 2. The molecule has 0 aliphatic heterocycles. The number of anilines is 1. The summed E-state index contributed by atoms with van der Waals surface area (Å²) < 4.78 is 0. The van der Waals surface area contributed by atoms with Gasteiger partial charge in [0.15, 0.2) is 0 Å². The lowest BCUT2D eigenvalue weighted by molar-refractivity contribution is -0.123. The van der Waals surface area contributed by atoms with Crippen molar-refractivity contribution < 1.29 is 9.59 Å². The highest BCUT2D eigenvalue weighted by atomic mass is 16.2. The number of carbonyl (C=O) groups is 2. The molecular formula is C21H27N3O2. The van der Waals surface area contributed by atoms with Crippen molar-refractivity contribution in [3.8, 4) is 0 Å². The zero-order chi connectivity index (χ0) is 18.8. The van der Waals surface area contributed by atoms with Crippen LogP contribution in [0.3, 0.4) is 0 Å². The monoisotopic (exact) mass is 353 g/mol. The van der Waals surface area contributed by atoms with Crippen molar-refractivity contribution >= 4 is 17.5 Å². The third kappa shape index (κ3) is 6.69. The Morgan fingerprint density at radius 3 is 2.27 bits per heavy atom. The Labute approximate surface area is 155 Å². The Bertz CT molecular complexity index is 716. The highest BCUT2D eigenvalue weighted by Crippen LogP contribution is 2.12. The van der Waals surface area contributed by atoms with Crippen LogP contribution in [-0.2, 0) is 16.1 Å². The molecule has 26 heavy (non-hydrogen) atoms. The maximum absolute atomic E-state index is 12.3. The van der Waals surface area contributed by atoms with Gasteiger partial charge in [0.2, 0.25) is 11.8 Å². The lowest BCUT2D eigenvalue weighted by Gasteiger charge is -2.21. The average Bonchev–Trinajstić information content (AvgIpc) is 2.63. The minimum atomic E-state index is -0.108. The quantitative estimate of drug-likeness (QED) is 0.729. The van der Waals surface area contributed by atoms with E-state index in [1.165, 1.54) is 0 Å². The van der Waals surface area contributed by atoms with Gasteiger partial charge in [-0.1, -0.05) is 55.5 Å². The van der Waals surface area contributed by atoms with Gasteiger partial charge in [-0.25, -0.2) is 0 Å². The van der Waals surface area contributed by atoms with E-state index in [9.17, 15) is 9.59 Å². The minimum absolute atomic E-state index is 0.0778. The van der Waals surface area contributed by atoms with Gasteiger partial charge in [0.1, 0.15) is 0 Å². The zero-order valence-corrected chi connectivity index (χ0v) is 15.5. The highest BCUT2D eigenvalue weighted by Gasteiger charge is 2.14. The van der Waals surface area contributed by atoms with Crippen LogP contribution in [0.15, 0.2) is 54.6 Å². The predicted molar refractivity (Wildman–Crippen MR) is 105 cm³/mol. The summed E-state index contributed by atoms with van der Waals surface area (Å²) in [7, 11) is 0. The molecule has 0 fully saturated rings. The number of hydrogen-bond acceptors (Lipinski definition) is 3. The normalized spacial score (nSPS) is 10.6. The SMILES string of the molecule is CCCN(CC(=O)NCc1ccccc1)CC(=O)Nc1ccccc1C. The van der Waals surface area contributed by atoms with E-state index < -0.39 is 0 Å². The highest BCUT2D eigenvalue weighted by molar-refractivity contribution is 5.93. The van der Waals surface area contributed by atoms with E-state index in [2.05, 4.69) is 10.6 Å². The molecule has 0 saturated carbocycles. The van der Waals surface area contributed by atoms with Crippen LogP contribution in [-0.4, -0.2) is 36.3 Å². The molecule has 0 saturated heterocycles. The van der Waals surface area contributed by atoms with Gasteiger partial charge in [-0.05, 0) is 37.1 Å². The number of benzene rings is 2. The van der Waals surface area contributed by atoms with Crippen LogP contribution in [0.1, 0.15) is 24.5 Å². The van der Waals surface area contributed by atoms with Crippen molar-refractivity contribution in [3.05, 3.63) is 65.7 Å². The van der Waals surface area contributed by atoms with Crippen molar-refractivity contribution in [1.82, 2.24) is 10.2 Å². The number of aryl methyl sites for hydroxylation is 1. The molecule has 0 atom stereocenters. The van der Waals surface area contributed by atoms with E-state index in [4.69, 9.17) is 0 Å². The second-order valence-electron chi connectivity index (χ2n) is 6.34. The maximum Gasteiger partial charge on any atom is 0.238 e. The third-order valence-corrected chi connectivity index (χ3v) is 4.03. The molecule has 0 radical (unpaired) electrons. The lowest BCUT2D eigenvalue weighted by atomic mass is 10.2. The zero-order valence-electron chi connectivity index (χ0n) is 15.5. The molecule has 2 amide bonds. The standard InChI is InChI=1S/C21H27N3O2/c1-3-13-24(15-20(25)22-14-18-10-5-4-6-11-18)16-21(26)23-19-12-8-7-9-17(19)2/h4-12H,3,13-16H2,1-2H3,(H,22,25)(H,23,26). The Balaban J connectivity index is 1.84. The first kappa shape index (κ1) is 19.7. The summed E-state index contributed by atoms with van der Waals surface area (Å²) in [5.74, 6) is -0.186. The Kier molecular flexibility index (Phi) is 7.83. The van der Waals surface area contributed by atoms with Gasteiger partial charge in [0.25, 0.3) is 0 Å². The molecule has 2 aromatic rings. The molecule has 2 rings (SSSR count). The number of hydrogen-bond donors (Lipinski definition) is 2. The predicted octanol–water partition coefficient (Wildman–Crippen LogP) is 2.96. The van der Waals surface area contributed by atoms with Crippen LogP contribution in [0.5, 0.6) is 0 Å². The van der Waals surface area contributed by atoms with Gasteiger partial charge in [-0.15, -0.1) is 0 Å². The molecule has 0 aliphatic rings. The smallest absolute Gasteiger partial charge is 0.238 e. The fourth-order valence-corrected chi connectivity index (χ4v) is 2.69. The van der Waals surface area contributed by atoms with Crippen molar-refractivity contribution in [2.45, 2.75) is 26.8 Å². The molecule has 2 N–H and O–H groups in total. The second-order valence-corrected chi connectivity index (χ2v) is 6.34. The number of para-hydroxylation sites is 1. The fourth-order valence-electron chi connectivity index (χ4n) is 2.69. The number of carbonyl (C=O) groups excluding carboxylic acids is 2. The summed E-state index contributed by atoms with van der Waals surface area (Å²) in [6.07, 6.45) is 0.879. The van der Waals surface area contributed by atoms with E-state index in [-0.39, 0.29) is 24.9 Å². The van der Waals surface area contributed by atoms with Crippen LogP contribution >= 0.6 is 0 Å². The van der Waals surface area contributed by atoms with Gasteiger partial charge in [0.05, 0.1) is 13.1 Å². The van der Waals surface area contributed by atoms with Crippen LogP contribution in [0.2, 0.25) is 0 Å². The van der Waals surface area contributed by atoms with E-state index in [1.807, 2.05) is 73.3 Å². The molecular weight excluding hydrogens is 326 g/mol. The van der Waals surface area contributed by atoms with Gasteiger partial charge < -0.3 is 10.6 Å². The molecule has 2 aromatic carbocycles. The van der Waals surface area contributed by atoms with Crippen molar-refractivity contribution in [3.63, 3.8) is 0 Å². The topological polar surface area (TPSA) is 61.4 Å². The summed E-state index contributed by atoms with van der Waals surface area (Å²) in [6, 6.07) is 17.4. The van der Waals surface area contributed by atoms with Gasteiger partial charge in [0, 0.05) is 12.2 Å². The molecule has 0 bridgehead atoms. The molecule has 5 heteroatoms. The van der Waals surface area contributed by atoms with Crippen LogP contribution in [0, 0.1) is 6.92 Å². The first-order valence-electron chi connectivity index (χ1n) is 8.97. The van der Waals surface area contributed by atoms with E-state index in [0.717, 1.165) is 23.2 Å². The van der Waals surface area contributed by atoms with Crippen molar-refractivity contribution in [1.29, 1.82) is 0 Å². The van der Waals surface area contributed by atoms with E-state index in [1.54, 1.807) is 0 Å². The Hall–Kier alpha value is -2.66. The first-order chi connectivity index (χ1) is 12.6. The molecule has 0 aromatic heterocycles. The molecule has 138 valence electrons. The molecule has 5 nitrogen and oxygen atoms in total. The van der Waals surface area contributed by atoms with Gasteiger partial charge in [-0.2, -0.15) is 0 Å². The van der Waals surface area contributed by atoms with E-state index in [0.29, 0.717) is 13.1 Å². The largest absolute Gasteiger partial charge is 0.351 e. The first-order valence-corrected chi connectivity index (χ1v) is 8.97. The number of amides is 2. The van der Waals surface area contributed by atoms with Crippen LogP contribution in [0.4, 0.5) is 5.69 Å². The fraction of sp³-hybridized carbons (Fsp3) is 0.333. The van der Waals surface area contributed by atoms with Crippen LogP contribution in [0.25, 0.3) is 0 Å².